The summed E-state index contributed by atoms with van der Waals surface area (Å²) in [5.41, 5.74) is 7.76. The molecule has 3 aromatic carbocycles. The van der Waals surface area contributed by atoms with Gasteiger partial charge in [-0.3, -0.25) is 4.79 Å². The van der Waals surface area contributed by atoms with Crippen molar-refractivity contribution in [3.63, 3.8) is 0 Å². The number of fused-ring (bicyclic) bond motifs is 2. The van der Waals surface area contributed by atoms with E-state index in [0.29, 0.717) is 17.0 Å². The van der Waals surface area contributed by atoms with E-state index < -0.39 is 5.97 Å². The lowest BCUT2D eigenvalue weighted by Crippen LogP contribution is -2.29. The van der Waals surface area contributed by atoms with Crippen LogP contribution in [0.5, 0.6) is 0 Å². The van der Waals surface area contributed by atoms with Crippen LogP contribution in [0.1, 0.15) is 85.3 Å². The van der Waals surface area contributed by atoms with Gasteiger partial charge in [-0.2, -0.15) is 0 Å². The van der Waals surface area contributed by atoms with Crippen LogP contribution < -0.4 is 5.32 Å². The maximum Gasteiger partial charge on any atom is 0.339 e. The first kappa shape index (κ1) is 30.5. The van der Waals surface area contributed by atoms with Crippen LogP contribution in [0.2, 0.25) is 5.02 Å². The smallest absolute Gasteiger partial charge is 0.339 e. The van der Waals surface area contributed by atoms with Crippen molar-refractivity contribution in [1.29, 1.82) is 0 Å². The molecule has 0 fully saturated rings. The molecule has 1 heterocycles. The number of pyridine rings is 1. The summed E-state index contributed by atoms with van der Waals surface area (Å²) < 4.78 is 5.75. The molecular formula is C37H39ClN2O3. The topological polar surface area (TPSA) is 68.3 Å². The number of halogens is 1. The lowest BCUT2D eigenvalue weighted by molar-refractivity contribution is -0.119. The summed E-state index contributed by atoms with van der Waals surface area (Å²) in [4.78, 5) is 32.1. The predicted molar refractivity (Wildman–Crippen MR) is 177 cm³/mol. The Morgan fingerprint density at radius 3 is 2.44 bits per heavy atom. The van der Waals surface area contributed by atoms with Crippen LogP contribution in [-0.2, 0) is 16.0 Å². The third-order valence-corrected chi connectivity index (χ3v) is 8.63. The molecule has 0 radical (unpaired) electrons. The van der Waals surface area contributed by atoms with Crippen molar-refractivity contribution < 1.29 is 14.3 Å². The number of aromatic nitrogens is 1. The Balaban J connectivity index is 1.53. The van der Waals surface area contributed by atoms with Gasteiger partial charge in [0.05, 0.1) is 16.8 Å². The minimum atomic E-state index is -0.515. The molecule has 0 bridgehead atoms. The molecule has 1 unspecified atom stereocenters. The molecule has 4 aromatic rings. The predicted octanol–water partition coefficient (Wildman–Crippen LogP) is 9.26. The first-order valence-corrected chi connectivity index (χ1v) is 15.2. The second kappa shape index (κ2) is 12.3. The number of nitrogens with zero attached hydrogens (tertiary/aromatic N) is 1. The van der Waals surface area contributed by atoms with Crippen molar-refractivity contribution in [3.8, 4) is 0 Å². The van der Waals surface area contributed by atoms with Gasteiger partial charge in [0.1, 0.15) is 0 Å². The van der Waals surface area contributed by atoms with E-state index in [0.717, 1.165) is 56.5 Å². The van der Waals surface area contributed by atoms with Crippen LogP contribution in [0.15, 0.2) is 66.7 Å². The van der Waals surface area contributed by atoms with Gasteiger partial charge in [-0.25, -0.2) is 9.78 Å². The zero-order chi connectivity index (χ0) is 30.9. The summed E-state index contributed by atoms with van der Waals surface area (Å²) in [6, 6.07) is 21.3. The normalized spacial score (nSPS) is 15.9. The molecule has 1 aromatic heterocycles. The van der Waals surface area contributed by atoms with Gasteiger partial charge in [-0.05, 0) is 89.1 Å². The number of nitrogens with one attached hydrogen (secondary N) is 1. The number of amides is 1. The Hall–Kier alpha value is -3.96. The SMILES string of the molecule is Cc1cccc(C(C)C)c1NC(=O)COC(=O)c1c2c(nc3ccccc13)/C(=C/c1ccc(Cl)cc1)CC(C(C)(C)C)C2. The van der Waals surface area contributed by atoms with Gasteiger partial charge in [0, 0.05) is 16.1 Å². The Kier molecular flexibility index (Phi) is 8.75. The molecule has 0 spiro atoms. The largest absolute Gasteiger partial charge is 0.452 e. The molecule has 1 aliphatic rings. The molecule has 5 rings (SSSR count). The molecule has 1 N–H and O–H groups in total. The van der Waals surface area contributed by atoms with Crippen molar-refractivity contribution in [2.75, 3.05) is 11.9 Å². The molecule has 1 atom stereocenters. The Labute approximate surface area is 259 Å². The Morgan fingerprint density at radius 2 is 1.74 bits per heavy atom. The van der Waals surface area contributed by atoms with E-state index in [-0.39, 0.29) is 29.8 Å². The summed E-state index contributed by atoms with van der Waals surface area (Å²) in [7, 11) is 0. The first-order valence-electron chi connectivity index (χ1n) is 14.9. The fourth-order valence-corrected chi connectivity index (χ4v) is 5.98. The number of esters is 1. The number of aryl methyl sites for hydroxylation is 1. The number of carbonyl (C=O) groups excluding carboxylic acids is 2. The van der Waals surface area contributed by atoms with Gasteiger partial charge in [-0.15, -0.1) is 0 Å². The second-order valence-corrected chi connectivity index (χ2v) is 13.3. The van der Waals surface area contributed by atoms with Crippen molar-refractivity contribution in [2.45, 2.75) is 60.3 Å². The number of anilines is 1. The number of para-hydroxylation sites is 2. The van der Waals surface area contributed by atoms with E-state index in [1.165, 1.54) is 0 Å². The van der Waals surface area contributed by atoms with Gasteiger partial charge < -0.3 is 10.1 Å². The van der Waals surface area contributed by atoms with Crippen LogP contribution in [0.4, 0.5) is 5.69 Å². The van der Waals surface area contributed by atoms with Gasteiger partial charge in [0.15, 0.2) is 6.61 Å². The minimum absolute atomic E-state index is 0.00878. The van der Waals surface area contributed by atoms with Crippen LogP contribution in [-0.4, -0.2) is 23.5 Å². The van der Waals surface area contributed by atoms with Crippen molar-refractivity contribution in [2.24, 2.45) is 11.3 Å². The van der Waals surface area contributed by atoms with Crippen molar-refractivity contribution >= 4 is 51.7 Å². The molecule has 1 aliphatic carbocycles. The van der Waals surface area contributed by atoms with Gasteiger partial charge in [-0.1, -0.05) is 94.8 Å². The van der Waals surface area contributed by atoms with Crippen LogP contribution in [0, 0.1) is 18.3 Å². The summed E-state index contributed by atoms with van der Waals surface area (Å²) in [5, 5.41) is 4.39. The summed E-state index contributed by atoms with van der Waals surface area (Å²) in [6.45, 7) is 12.4. The highest BCUT2D eigenvalue weighted by atomic mass is 35.5. The zero-order valence-electron chi connectivity index (χ0n) is 25.8. The maximum absolute atomic E-state index is 13.9. The highest BCUT2D eigenvalue weighted by Gasteiger charge is 2.35. The molecule has 43 heavy (non-hydrogen) atoms. The fourth-order valence-electron chi connectivity index (χ4n) is 5.85. The highest BCUT2D eigenvalue weighted by molar-refractivity contribution is 6.30. The summed E-state index contributed by atoms with van der Waals surface area (Å²) in [6.07, 6.45) is 3.66. The molecule has 5 nitrogen and oxygen atoms in total. The molecule has 1 amide bonds. The fraction of sp³-hybridized carbons (Fsp3) is 0.324. The van der Waals surface area contributed by atoms with Crippen LogP contribution in [0.25, 0.3) is 22.6 Å². The summed E-state index contributed by atoms with van der Waals surface area (Å²) in [5.74, 6) is -0.378. The van der Waals surface area contributed by atoms with E-state index in [4.69, 9.17) is 21.3 Å². The van der Waals surface area contributed by atoms with E-state index in [1.807, 2.05) is 73.7 Å². The molecule has 6 heteroatoms. The van der Waals surface area contributed by atoms with Gasteiger partial charge >= 0.3 is 5.97 Å². The monoisotopic (exact) mass is 594 g/mol. The molecular weight excluding hydrogens is 556 g/mol. The van der Waals surface area contributed by atoms with Crippen molar-refractivity contribution in [3.05, 3.63) is 105 Å². The number of benzene rings is 3. The average Bonchev–Trinajstić information content (AvgIpc) is 2.96. The van der Waals surface area contributed by atoms with Crippen LogP contribution in [0.3, 0.4) is 0 Å². The number of allylic oxidation sites excluding steroid dienone is 1. The van der Waals surface area contributed by atoms with E-state index in [9.17, 15) is 9.59 Å². The highest BCUT2D eigenvalue weighted by Crippen LogP contribution is 2.45. The van der Waals surface area contributed by atoms with Crippen molar-refractivity contribution in [1.82, 2.24) is 4.98 Å². The summed E-state index contributed by atoms with van der Waals surface area (Å²) >= 11 is 6.15. The second-order valence-electron chi connectivity index (χ2n) is 12.8. The maximum atomic E-state index is 13.9. The quantitative estimate of drug-likeness (QED) is 0.226. The average molecular weight is 595 g/mol. The third kappa shape index (κ3) is 6.67. The van der Waals surface area contributed by atoms with Gasteiger partial charge in [0.25, 0.3) is 5.91 Å². The lowest BCUT2D eigenvalue weighted by Gasteiger charge is -2.36. The van der Waals surface area contributed by atoms with Gasteiger partial charge in [0.2, 0.25) is 0 Å². The van der Waals surface area contributed by atoms with Crippen LogP contribution >= 0.6 is 11.6 Å². The van der Waals surface area contributed by atoms with E-state index >= 15 is 0 Å². The number of ether oxygens (including phenoxy) is 1. The molecule has 222 valence electrons. The van der Waals surface area contributed by atoms with E-state index in [2.05, 4.69) is 46.0 Å². The minimum Gasteiger partial charge on any atom is -0.452 e. The Morgan fingerprint density at radius 1 is 1.02 bits per heavy atom. The standard InChI is InChI=1S/C37H39ClN2O3/c1-22(2)28-12-9-10-23(3)34(28)40-32(41)21-43-36(42)33-29-11-7-8-13-31(29)39-35-25(18-24-14-16-27(38)17-15-24)19-26(20-30(33)35)37(4,5)6/h7-18,22,26H,19-21H2,1-6H3,(H,40,41)/b25-18+. The first-order chi connectivity index (χ1) is 20.4. The molecule has 0 saturated carbocycles. The van der Waals surface area contributed by atoms with E-state index in [1.54, 1.807) is 0 Å². The number of hydrogen-bond donors (Lipinski definition) is 1. The number of hydrogen-bond acceptors (Lipinski definition) is 4. The lowest BCUT2D eigenvalue weighted by atomic mass is 9.69. The number of rotatable bonds is 6. The molecule has 0 saturated heterocycles. The Bertz CT molecular complexity index is 1710. The zero-order valence-corrected chi connectivity index (χ0v) is 26.5. The third-order valence-electron chi connectivity index (χ3n) is 8.38. The number of carbonyl (C=O) groups is 2. The molecule has 0 aliphatic heterocycles.